The summed E-state index contributed by atoms with van der Waals surface area (Å²) in [5.41, 5.74) is -0.102. The molecule has 0 radical (unpaired) electrons. The molecule has 4 heteroatoms. The number of rotatable bonds is 2. The normalized spacial score (nSPS) is 36.8. The van der Waals surface area contributed by atoms with Crippen molar-refractivity contribution in [3.05, 3.63) is 0 Å². The first-order chi connectivity index (χ1) is 4.73. The lowest BCUT2D eigenvalue weighted by Gasteiger charge is -2.26. The van der Waals surface area contributed by atoms with Crippen molar-refractivity contribution in [2.45, 2.75) is 6.92 Å². The molecule has 3 nitrogen and oxygen atoms in total. The second kappa shape index (κ2) is 4.26. The maximum atomic E-state index is 8.98. The summed E-state index contributed by atoms with van der Waals surface area (Å²) in [5, 5.41) is 21.0. The highest BCUT2D eigenvalue weighted by molar-refractivity contribution is 5.85. The van der Waals surface area contributed by atoms with Crippen LogP contribution in [0.5, 0.6) is 0 Å². The van der Waals surface area contributed by atoms with Crippen LogP contribution < -0.4 is 5.32 Å². The Morgan fingerprint density at radius 3 is 2.55 bits per heavy atom. The second-order valence-corrected chi connectivity index (χ2v) is 3.32. The summed E-state index contributed by atoms with van der Waals surface area (Å²) in [6.45, 7) is 3.96. The predicted octanol–water partition coefficient (Wildman–Crippen LogP) is -0.382. The first kappa shape index (κ1) is 11.2. The van der Waals surface area contributed by atoms with E-state index in [0.29, 0.717) is 0 Å². The van der Waals surface area contributed by atoms with Crippen molar-refractivity contribution in [3.63, 3.8) is 0 Å². The standard InChI is InChI=1S/C7H15NO2.ClH/c1-7(5-10)4-8-2-6(7)3-9;/h6,8-10H,2-5H2,1H3;1H/t6-,7+;/m0./s1. The zero-order chi connectivity index (χ0) is 7.61. The van der Waals surface area contributed by atoms with Gasteiger partial charge in [-0.25, -0.2) is 0 Å². The van der Waals surface area contributed by atoms with E-state index in [-0.39, 0.29) is 37.0 Å². The van der Waals surface area contributed by atoms with Crippen LogP contribution >= 0.6 is 12.4 Å². The lowest BCUT2D eigenvalue weighted by Crippen LogP contribution is -2.32. The summed E-state index contributed by atoms with van der Waals surface area (Å²) in [6, 6.07) is 0. The van der Waals surface area contributed by atoms with E-state index in [0.717, 1.165) is 13.1 Å². The van der Waals surface area contributed by atoms with Crippen LogP contribution in [0.25, 0.3) is 0 Å². The van der Waals surface area contributed by atoms with E-state index in [1.54, 1.807) is 0 Å². The van der Waals surface area contributed by atoms with Gasteiger partial charge in [0, 0.05) is 31.0 Å². The first-order valence-corrected chi connectivity index (χ1v) is 3.65. The fourth-order valence-electron chi connectivity index (χ4n) is 1.39. The third-order valence-corrected chi connectivity index (χ3v) is 2.49. The van der Waals surface area contributed by atoms with Gasteiger partial charge in [-0.1, -0.05) is 6.92 Å². The van der Waals surface area contributed by atoms with Crippen LogP contribution in [0.1, 0.15) is 6.92 Å². The molecular formula is C7H16ClNO2. The highest BCUT2D eigenvalue weighted by Gasteiger charge is 2.37. The zero-order valence-corrected chi connectivity index (χ0v) is 7.52. The molecule has 3 N–H and O–H groups in total. The van der Waals surface area contributed by atoms with Gasteiger partial charge in [0.2, 0.25) is 0 Å². The number of nitrogens with one attached hydrogen (secondary N) is 1. The monoisotopic (exact) mass is 181 g/mol. The van der Waals surface area contributed by atoms with Crippen molar-refractivity contribution in [2.75, 3.05) is 26.3 Å². The average molecular weight is 182 g/mol. The van der Waals surface area contributed by atoms with Crippen molar-refractivity contribution in [3.8, 4) is 0 Å². The molecule has 1 fully saturated rings. The SMILES string of the molecule is C[C@]1(CO)CNC[C@H]1CO.Cl. The van der Waals surface area contributed by atoms with E-state index in [2.05, 4.69) is 5.32 Å². The molecule has 0 bridgehead atoms. The molecule has 0 spiro atoms. The lowest BCUT2D eigenvalue weighted by atomic mass is 9.81. The van der Waals surface area contributed by atoms with Gasteiger partial charge in [-0.05, 0) is 0 Å². The van der Waals surface area contributed by atoms with E-state index in [9.17, 15) is 0 Å². The van der Waals surface area contributed by atoms with Crippen molar-refractivity contribution in [1.29, 1.82) is 0 Å². The minimum atomic E-state index is -0.102. The minimum absolute atomic E-state index is 0. The van der Waals surface area contributed by atoms with Gasteiger partial charge in [-0.15, -0.1) is 12.4 Å². The fourth-order valence-corrected chi connectivity index (χ4v) is 1.39. The number of hydrogen-bond donors (Lipinski definition) is 3. The molecule has 0 amide bonds. The van der Waals surface area contributed by atoms with Gasteiger partial charge >= 0.3 is 0 Å². The Morgan fingerprint density at radius 2 is 2.18 bits per heavy atom. The molecule has 1 heterocycles. The minimum Gasteiger partial charge on any atom is -0.396 e. The molecule has 0 aromatic rings. The molecule has 68 valence electrons. The fraction of sp³-hybridized carbons (Fsp3) is 1.00. The quantitative estimate of drug-likeness (QED) is 0.545. The van der Waals surface area contributed by atoms with Crippen molar-refractivity contribution >= 4 is 12.4 Å². The molecule has 1 aliphatic rings. The van der Waals surface area contributed by atoms with E-state index in [1.807, 2.05) is 6.92 Å². The number of hydrogen-bond acceptors (Lipinski definition) is 3. The van der Waals surface area contributed by atoms with Crippen LogP contribution in [-0.4, -0.2) is 36.5 Å². The summed E-state index contributed by atoms with van der Waals surface area (Å²) < 4.78 is 0. The number of aliphatic hydroxyl groups excluding tert-OH is 2. The van der Waals surface area contributed by atoms with Crippen LogP contribution in [0.2, 0.25) is 0 Å². The van der Waals surface area contributed by atoms with Crippen molar-refractivity contribution in [2.24, 2.45) is 11.3 Å². The topological polar surface area (TPSA) is 52.5 Å². The van der Waals surface area contributed by atoms with E-state index < -0.39 is 0 Å². The van der Waals surface area contributed by atoms with Crippen LogP contribution in [0, 0.1) is 11.3 Å². The van der Waals surface area contributed by atoms with E-state index >= 15 is 0 Å². The van der Waals surface area contributed by atoms with Crippen LogP contribution in [0.3, 0.4) is 0 Å². The van der Waals surface area contributed by atoms with Gasteiger partial charge in [-0.3, -0.25) is 0 Å². The maximum absolute atomic E-state index is 8.98. The Labute approximate surface area is 73.2 Å². The molecule has 1 saturated heterocycles. The summed E-state index contributed by atoms with van der Waals surface area (Å²) in [5.74, 6) is 0.220. The Hall–Kier alpha value is 0.170. The van der Waals surface area contributed by atoms with Gasteiger partial charge in [0.05, 0.1) is 6.61 Å². The number of aliphatic hydroxyl groups is 2. The molecule has 0 aromatic carbocycles. The summed E-state index contributed by atoms with van der Waals surface area (Å²) in [6.07, 6.45) is 0. The lowest BCUT2D eigenvalue weighted by molar-refractivity contribution is 0.0796. The van der Waals surface area contributed by atoms with Crippen LogP contribution in [-0.2, 0) is 0 Å². The maximum Gasteiger partial charge on any atom is 0.0500 e. The van der Waals surface area contributed by atoms with Gasteiger partial charge in [0.1, 0.15) is 0 Å². The smallest absolute Gasteiger partial charge is 0.0500 e. The molecule has 1 rings (SSSR count). The largest absolute Gasteiger partial charge is 0.396 e. The second-order valence-electron chi connectivity index (χ2n) is 3.32. The van der Waals surface area contributed by atoms with E-state index in [4.69, 9.17) is 10.2 Å². The van der Waals surface area contributed by atoms with Crippen molar-refractivity contribution in [1.82, 2.24) is 5.32 Å². The molecular weight excluding hydrogens is 166 g/mol. The molecule has 2 atom stereocenters. The highest BCUT2D eigenvalue weighted by atomic mass is 35.5. The molecule has 0 saturated carbocycles. The third kappa shape index (κ3) is 2.06. The summed E-state index contributed by atoms with van der Waals surface area (Å²) >= 11 is 0. The predicted molar refractivity (Wildman–Crippen MR) is 45.9 cm³/mol. The third-order valence-electron chi connectivity index (χ3n) is 2.49. The Kier molecular flexibility index (Phi) is 4.32. The number of halogens is 1. The molecule has 0 aromatic heterocycles. The van der Waals surface area contributed by atoms with Crippen molar-refractivity contribution < 1.29 is 10.2 Å². The molecule has 11 heavy (non-hydrogen) atoms. The van der Waals surface area contributed by atoms with E-state index in [1.165, 1.54) is 0 Å². The van der Waals surface area contributed by atoms with Crippen LogP contribution in [0.4, 0.5) is 0 Å². The van der Waals surface area contributed by atoms with Gasteiger partial charge in [0.15, 0.2) is 0 Å². The summed E-state index contributed by atoms with van der Waals surface area (Å²) in [7, 11) is 0. The summed E-state index contributed by atoms with van der Waals surface area (Å²) in [4.78, 5) is 0. The Morgan fingerprint density at radius 1 is 1.55 bits per heavy atom. The van der Waals surface area contributed by atoms with Gasteiger partial charge in [-0.2, -0.15) is 0 Å². The van der Waals surface area contributed by atoms with Gasteiger partial charge in [0.25, 0.3) is 0 Å². The first-order valence-electron chi connectivity index (χ1n) is 3.65. The van der Waals surface area contributed by atoms with Gasteiger partial charge < -0.3 is 15.5 Å². The van der Waals surface area contributed by atoms with Crippen LogP contribution in [0.15, 0.2) is 0 Å². The average Bonchev–Trinajstić information content (AvgIpc) is 2.32. The zero-order valence-electron chi connectivity index (χ0n) is 6.71. The highest BCUT2D eigenvalue weighted by Crippen LogP contribution is 2.29. The Balaban J connectivity index is 0.000001000. The Bertz CT molecular complexity index is 123. The molecule has 0 unspecified atom stereocenters. The molecule has 0 aliphatic carbocycles. The molecule has 1 aliphatic heterocycles.